The van der Waals surface area contributed by atoms with E-state index in [1.54, 1.807) is 0 Å². The lowest BCUT2D eigenvalue weighted by Crippen LogP contribution is -2.36. The minimum Gasteiger partial charge on any atom is -0.482 e. The minimum atomic E-state index is -0.221. The van der Waals surface area contributed by atoms with E-state index in [4.69, 9.17) is 9.47 Å². The van der Waals surface area contributed by atoms with Crippen LogP contribution in [0.1, 0.15) is 57.8 Å². The van der Waals surface area contributed by atoms with Gasteiger partial charge in [0.15, 0.2) is 6.61 Å². The summed E-state index contributed by atoms with van der Waals surface area (Å²) in [7, 11) is 0. The minimum absolute atomic E-state index is 0.0118. The fraction of sp³-hybridized carbons (Fsp3) is 0.650. The second-order valence-electron chi connectivity index (χ2n) is 6.98. The van der Waals surface area contributed by atoms with E-state index in [1.165, 1.54) is 51.4 Å². The first-order chi connectivity index (χ1) is 11.3. The van der Waals surface area contributed by atoms with Crippen molar-refractivity contribution in [1.29, 1.82) is 0 Å². The van der Waals surface area contributed by atoms with Gasteiger partial charge in [-0.1, -0.05) is 56.7 Å². The highest BCUT2D eigenvalue weighted by molar-refractivity contribution is 5.71. The monoisotopic (exact) mass is 316 g/mol. The Morgan fingerprint density at radius 3 is 2.39 bits per heavy atom. The Hall–Kier alpha value is -1.51. The van der Waals surface area contributed by atoms with Gasteiger partial charge >= 0.3 is 5.97 Å². The van der Waals surface area contributed by atoms with E-state index in [9.17, 15) is 4.79 Å². The molecule has 23 heavy (non-hydrogen) atoms. The van der Waals surface area contributed by atoms with Crippen LogP contribution in [-0.4, -0.2) is 18.7 Å². The normalized spacial score (nSPS) is 25.7. The van der Waals surface area contributed by atoms with Crippen molar-refractivity contribution in [2.24, 2.45) is 11.8 Å². The number of benzene rings is 1. The maximum atomic E-state index is 12.2. The quantitative estimate of drug-likeness (QED) is 0.736. The third-order valence-electron chi connectivity index (χ3n) is 5.39. The molecule has 2 atom stereocenters. The molecular formula is C20H28O3. The number of ether oxygens (including phenoxy) is 2. The van der Waals surface area contributed by atoms with Gasteiger partial charge in [-0.25, -0.2) is 4.79 Å². The summed E-state index contributed by atoms with van der Waals surface area (Å²) in [6, 6.07) is 9.46. The van der Waals surface area contributed by atoms with Crippen molar-refractivity contribution < 1.29 is 14.3 Å². The molecule has 0 saturated heterocycles. The van der Waals surface area contributed by atoms with Gasteiger partial charge in [-0.15, -0.1) is 0 Å². The molecule has 1 aromatic carbocycles. The first kappa shape index (κ1) is 16.4. The molecule has 3 nitrogen and oxygen atoms in total. The smallest absolute Gasteiger partial charge is 0.344 e. The molecule has 2 fully saturated rings. The summed E-state index contributed by atoms with van der Waals surface area (Å²) >= 11 is 0. The molecule has 0 spiro atoms. The van der Waals surface area contributed by atoms with Crippen molar-refractivity contribution in [3.8, 4) is 5.75 Å². The molecule has 2 aliphatic carbocycles. The molecule has 0 amide bonds. The molecule has 0 N–H and O–H groups in total. The molecule has 0 bridgehead atoms. The van der Waals surface area contributed by atoms with Crippen molar-refractivity contribution >= 4 is 5.97 Å². The fourth-order valence-electron chi connectivity index (χ4n) is 4.24. The number of hydrogen-bond donors (Lipinski definition) is 0. The molecule has 0 radical (unpaired) electrons. The molecule has 0 aromatic heterocycles. The number of para-hydroxylation sites is 1. The highest BCUT2D eigenvalue weighted by Gasteiger charge is 2.34. The van der Waals surface area contributed by atoms with Gasteiger partial charge in [-0.3, -0.25) is 0 Å². The molecule has 0 heterocycles. The molecule has 2 aliphatic rings. The predicted octanol–water partition coefficient (Wildman–Crippen LogP) is 4.75. The largest absolute Gasteiger partial charge is 0.482 e. The summed E-state index contributed by atoms with van der Waals surface area (Å²) in [5.74, 6) is 1.83. The maximum Gasteiger partial charge on any atom is 0.344 e. The topological polar surface area (TPSA) is 35.5 Å². The number of rotatable bonds is 5. The van der Waals surface area contributed by atoms with Gasteiger partial charge < -0.3 is 9.47 Å². The number of hydrogen-bond acceptors (Lipinski definition) is 3. The third kappa shape index (κ3) is 4.73. The molecule has 2 unspecified atom stereocenters. The van der Waals surface area contributed by atoms with Crippen molar-refractivity contribution in [2.75, 3.05) is 6.61 Å². The van der Waals surface area contributed by atoms with E-state index in [0.717, 1.165) is 18.1 Å². The lowest BCUT2D eigenvalue weighted by atomic mass is 9.72. The van der Waals surface area contributed by atoms with Gasteiger partial charge in [0.2, 0.25) is 0 Å². The van der Waals surface area contributed by atoms with Crippen LogP contribution in [0.4, 0.5) is 0 Å². The van der Waals surface area contributed by atoms with Crippen molar-refractivity contribution in [3.05, 3.63) is 30.3 Å². The van der Waals surface area contributed by atoms with E-state index in [-0.39, 0.29) is 18.7 Å². The van der Waals surface area contributed by atoms with E-state index in [0.29, 0.717) is 5.92 Å². The zero-order chi connectivity index (χ0) is 15.9. The molecule has 1 aromatic rings. The lowest BCUT2D eigenvalue weighted by molar-refractivity contribution is -0.157. The number of esters is 1. The Labute approximate surface area is 139 Å². The maximum absolute atomic E-state index is 12.2. The van der Waals surface area contributed by atoms with E-state index in [1.807, 2.05) is 30.3 Å². The summed E-state index contributed by atoms with van der Waals surface area (Å²) in [6.45, 7) is 0.0118. The third-order valence-corrected chi connectivity index (χ3v) is 5.39. The van der Waals surface area contributed by atoms with Gasteiger partial charge in [-0.2, -0.15) is 0 Å². The second-order valence-corrected chi connectivity index (χ2v) is 6.98. The summed E-state index contributed by atoms with van der Waals surface area (Å²) in [5, 5.41) is 0. The predicted molar refractivity (Wildman–Crippen MR) is 90.4 cm³/mol. The van der Waals surface area contributed by atoms with Crippen LogP contribution in [0.25, 0.3) is 0 Å². The Morgan fingerprint density at radius 1 is 0.913 bits per heavy atom. The van der Waals surface area contributed by atoms with E-state index < -0.39 is 0 Å². The van der Waals surface area contributed by atoms with Crippen LogP contribution in [0.3, 0.4) is 0 Å². The second kappa shape index (κ2) is 8.37. The SMILES string of the molecule is O=C(COc1ccccc1)OC1CCCCC1C1CCCCC1. The Balaban J connectivity index is 1.50. The standard InChI is InChI=1S/C20H28O3/c21-20(15-22-17-11-5-2-6-12-17)23-19-14-8-7-13-18(19)16-9-3-1-4-10-16/h2,5-6,11-12,16,18-19H,1,3-4,7-10,13-15H2. The first-order valence-electron chi connectivity index (χ1n) is 9.20. The van der Waals surface area contributed by atoms with Crippen molar-refractivity contribution in [3.63, 3.8) is 0 Å². The molecule has 2 saturated carbocycles. The molecule has 126 valence electrons. The average Bonchev–Trinajstić information content (AvgIpc) is 2.62. The summed E-state index contributed by atoms with van der Waals surface area (Å²) < 4.78 is 11.3. The molecule has 3 heteroatoms. The van der Waals surface area contributed by atoms with Crippen LogP contribution in [-0.2, 0) is 9.53 Å². The molecule has 0 aliphatic heterocycles. The van der Waals surface area contributed by atoms with Crippen LogP contribution >= 0.6 is 0 Å². The summed E-state index contributed by atoms with van der Waals surface area (Å²) in [6.07, 6.45) is 11.5. The van der Waals surface area contributed by atoms with Gasteiger partial charge in [-0.05, 0) is 43.2 Å². The lowest BCUT2D eigenvalue weighted by Gasteiger charge is -2.38. The fourth-order valence-corrected chi connectivity index (χ4v) is 4.24. The highest BCUT2D eigenvalue weighted by Crippen LogP contribution is 2.39. The number of carbonyl (C=O) groups excluding carboxylic acids is 1. The summed E-state index contributed by atoms with van der Waals surface area (Å²) in [5.41, 5.74) is 0. The average molecular weight is 316 g/mol. The van der Waals surface area contributed by atoms with Crippen LogP contribution in [0, 0.1) is 11.8 Å². The number of carbonyl (C=O) groups is 1. The van der Waals surface area contributed by atoms with Gasteiger partial charge in [0.25, 0.3) is 0 Å². The van der Waals surface area contributed by atoms with Crippen LogP contribution in [0.5, 0.6) is 5.75 Å². The van der Waals surface area contributed by atoms with E-state index >= 15 is 0 Å². The van der Waals surface area contributed by atoms with Gasteiger partial charge in [0.05, 0.1) is 0 Å². The van der Waals surface area contributed by atoms with Crippen LogP contribution < -0.4 is 4.74 Å². The Bertz CT molecular complexity index is 479. The van der Waals surface area contributed by atoms with Crippen molar-refractivity contribution in [2.45, 2.75) is 63.9 Å². The van der Waals surface area contributed by atoms with E-state index in [2.05, 4.69) is 0 Å². The Morgan fingerprint density at radius 2 is 1.61 bits per heavy atom. The first-order valence-corrected chi connectivity index (χ1v) is 9.20. The molecular weight excluding hydrogens is 288 g/mol. The van der Waals surface area contributed by atoms with Crippen LogP contribution in [0.15, 0.2) is 30.3 Å². The highest BCUT2D eigenvalue weighted by atomic mass is 16.6. The zero-order valence-electron chi connectivity index (χ0n) is 13.9. The van der Waals surface area contributed by atoms with Gasteiger partial charge in [0.1, 0.15) is 11.9 Å². The van der Waals surface area contributed by atoms with Crippen LogP contribution in [0.2, 0.25) is 0 Å². The zero-order valence-corrected chi connectivity index (χ0v) is 13.9. The van der Waals surface area contributed by atoms with Gasteiger partial charge in [0, 0.05) is 0 Å². The summed E-state index contributed by atoms with van der Waals surface area (Å²) in [4.78, 5) is 12.2. The molecule has 3 rings (SSSR count). The Kier molecular flexibility index (Phi) is 5.95. The van der Waals surface area contributed by atoms with Crippen molar-refractivity contribution in [1.82, 2.24) is 0 Å².